The lowest BCUT2D eigenvalue weighted by Gasteiger charge is -2.05. The van der Waals surface area contributed by atoms with Crippen molar-refractivity contribution in [1.29, 1.82) is 0 Å². The van der Waals surface area contributed by atoms with E-state index in [0.29, 0.717) is 18.2 Å². The first-order valence-corrected chi connectivity index (χ1v) is 9.39. The molecule has 1 atom stereocenters. The fraction of sp³-hybridized carbons (Fsp3) is 0.300. The third-order valence-electron chi connectivity index (χ3n) is 4.28. The van der Waals surface area contributed by atoms with Crippen LogP contribution in [0.15, 0.2) is 36.4 Å². The minimum absolute atomic E-state index is 0.0719. The topological polar surface area (TPSA) is 145 Å². The molecule has 0 aliphatic heterocycles. The number of aromatic amines is 2. The molecule has 0 saturated carbocycles. The average Bonchev–Trinajstić information content (AvgIpc) is 3.25. The number of H-pyrrole nitrogens is 2. The first kappa shape index (κ1) is 19.5. The molecule has 8 nitrogen and oxygen atoms in total. The number of aromatic nitrogens is 4. The van der Waals surface area contributed by atoms with Gasteiger partial charge >= 0.3 is 0 Å². The van der Waals surface area contributed by atoms with Crippen LogP contribution in [0.5, 0.6) is 5.75 Å². The molecule has 28 heavy (non-hydrogen) atoms. The Kier molecular flexibility index (Phi) is 6.00. The molecular weight excluding hydrogens is 354 g/mol. The maximum atomic E-state index is 6.05. The molecule has 1 unspecified atom stereocenters. The molecule has 0 spiro atoms. The molecule has 0 bridgehead atoms. The Morgan fingerprint density at radius 2 is 1.82 bits per heavy atom. The molecular formula is C20H27N7O. The van der Waals surface area contributed by atoms with Crippen LogP contribution >= 0.6 is 0 Å². The van der Waals surface area contributed by atoms with Crippen molar-refractivity contribution >= 4 is 33.7 Å². The van der Waals surface area contributed by atoms with E-state index in [9.17, 15) is 0 Å². The number of imidazole rings is 2. The number of nitrogens with two attached hydrogens (primary N) is 3. The zero-order chi connectivity index (χ0) is 20.1. The summed E-state index contributed by atoms with van der Waals surface area (Å²) in [4.78, 5) is 14.7. The number of fused-ring (bicyclic) bond motifs is 2. The van der Waals surface area contributed by atoms with E-state index in [1.54, 1.807) is 6.07 Å². The normalized spacial score (nSPS) is 12.0. The fourth-order valence-electron chi connectivity index (χ4n) is 2.98. The lowest BCUT2D eigenvalue weighted by molar-refractivity contribution is 0.341. The lowest BCUT2D eigenvalue weighted by Crippen LogP contribution is -2.11. The Morgan fingerprint density at radius 3 is 2.54 bits per heavy atom. The number of para-hydroxylation sites is 2. The highest BCUT2D eigenvalue weighted by atomic mass is 16.5. The minimum Gasteiger partial charge on any atom is -0.494 e. The Hall–Kier alpha value is -3.26. The predicted octanol–water partition coefficient (Wildman–Crippen LogP) is 3.49. The third kappa shape index (κ3) is 4.34. The van der Waals surface area contributed by atoms with E-state index in [2.05, 4.69) is 26.9 Å². The van der Waals surface area contributed by atoms with E-state index in [1.165, 1.54) is 0 Å². The number of nitrogens with one attached hydrogen (secondary N) is 2. The molecule has 0 aliphatic rings. The molecule has 4 rings (SSSR count). The van der Waals surface area contributed by atoms with Gasteiger partial charge in [-0.05, 0) is 25.5 Å². The van der Waals surface area contributed by atoms with Gasteiger partial charge in [0, 0.05) is 12.1 Å². The largest absolute Gasteiger partial charge is 0.494 e. The standard InChI is InChI=1S/C13H20N4O.C7H7N3/c1-3-5-9(14)13-16-11-7-8(18-4-2)6-10(15)12(11)17-13;8-7-9-5-3-1-2-4-6(5)10-7/h6-7,9H,3-5,14-15H2,1-2H3,(H,16,17);1-4H,(H3,8,9,10). The first-order valence-electron chi connectivity index (χ1n) is 9.39. The van der Waals surface area contributed by atoms with Gasteiger partial charge in [0.25, 0.3) is 0 Å². The van der Waals surface area contributed by atoms with Gasteiger partial charge in [-0.1, -0.05) is 25.5 Å². The molecule has 148 valence electrons. The lowest BCUT2D eigenvalue weighted by atomic mass is 10.2. The zero-order valence-electron chi connectivity index (χ0n) is 16.2. The van der Waals surface area contributed by atoms with Crippen molar-refractivity contribution in [3.8, 4) is 5.75 Å². The van der Waals surface area contributed by atoms with Crippen LogP contribution in [-0.2, 0) is 0 Å². The van der Waals surface area contributed by atoms with Crippen LogP contribution < -0.4 is 21.9 Å². The van der Waals surface area contributed by atoms with E-state index in [4.69, 9.17) is 21.9 Å². The number of benzene rings is 2. The summed E-state index contributed by atoms with van der Waals surface area (Å²) in [7, 11) is 0. The average molecular weight is 381 g/mol. The van der Waals surface area contributed by atoms with Gasteiger partial charge in [-0.2, -0.15) is 0 Å². The zero-order valence-corrected chi connectivity index (χ0v) is 16.2. The second-order valence-electron chi connectivity index (χ2n) is 6.50. The van der Waals surface area contributed by atoms with Crippen molar-refractivity contribution in [1.82, 2.24) is 19.9 Å². The molecule has 0 aliphatic carbocycles. The molecule has 2 aromatic heterocycles. The van der Waals surface area contributed by atoms with E-state index >= 15 is 0 Å². The van der Waals surface area contributed by atoms with Gasteiger partial charge in [0.2, 0.25) is 0 Å². The second kappa shape index (κ2) is 8.62. The third-order valence-corrected chi connectivity index (χ3v) is 4.28. The highest BCUT2D eigenvalue weighted by Crippen LogP contribution is 2.27. The number of rotatable bonds is 5. The highest BCUT2D eigenvalue weighted by Gasteiger charge is 2.13. The first-order chi connectivity index (χ1) is 13.5. The smallest absolute Gasteiger partial charge is 0.198 e. The number of ether oxygens (including phenoxy) is 1. The van der Waals surface area contributed by atoms with Crippen LogP contribution in [0.2, 0.25) is 0 Å². The van der Waals surface area contributed by atoms with Crippen molar-refractivity contribution in [2.45, 2.75) is 32.7 Å². The van der Waals surface area contributed by atoms with E-state index in [0.717, 1.165) is 46.5 Å². The van der Waals surface area contributed by atoms with Crippen LogP contribution in [0.4, 0.5) is 11.6 Å². The van der Waals surface area contributed by atoms with Gasteiger partial charge in [-0.15, -0.1) is 0 Å². The van der Waals surface area contributed by atoms with E-state index in [-0.39, 0.29) is 6.04 Å². The second-order valence-corrected chi connectivity index (χ2v) is 6.50. The van der Waals surface area contributed by atoms with Crippen molar-refractivity contribution in [3.05, 3.63) is 42.2 Å². The monoisotopic (exact) mass is 381 g/mol. The maximum absolute atomic E-state index is 6.05. The maximum Gasteiger partial charge on any atom is 0.198 e. The predicted molar refractivity (Wildman–Crippen MR) is 114 cm³/mol. The summed E-state index contributed by atoms with van der Waals surface area (Å²) >= 11 is 0. The molecule has 0 amide bonds. The number of anilines is 2. The Balaban J connectivity index is 0.000000188. The number of nitrogen functional groups attached to an aromatic ring is 2. The van der Waals surface area contributed by atoms with Gasteiger partial charge < -0.3 is 31.9 Å². The van der Waals surface area contributed by atoms with Crippen LogP contribution in [-0.4, -0.2) is 26.5 Å². The van der Waals surface area contributed by atoms with Gasteiger partial charge in [0.15, 0.2) is 5.95 Å². The van der Waals surface area contributed by atoms with Crippen LogP contribution in [0, 0.1) is 0 Å². The number of nitrogens with zero attached hydrogens (tertiary/aromatic N) is 2. The molecule has 2 heterocycles. The van der Waals surface area contributed by atoms with Crippen molar-refractivity contribution < 1.29 is 4.74 Å². The molecule has 8 N–H and O–H groups in total. The van der Waals surface area contributed by atoms with Crippen molar-refractivity contribution in [2.24, 2.45) is 5.73 Å². The summed E-state index contributed by atoms with van der Waals surface area (Å²) in [5.41, 5.74) is 21.6. The minimum atomic E-state index is -0.0719. The summed E-state index contributed by atoms with van der Waals surface area (Å²) in [5, 5.41) is 0. The van der Waals surface area contributed by atoms with Crippen molar-refractivity contribution in [2.75, 3.05) is 18.1 Å². The van der Waals surface area contributed by atoms with Gasteiger partial charge in [0.1, 0.15) is 17.1 Å². The Labute approximate surface area is 163 Å². The Morgan fingerprint density at radius 1 is 1.04 bits per heavy atom. The quantitative estimate of drug-likeness (QED) is 0.335. The molecule has 0 saturated heterocycles. The molecule has 0 fully saturated rings. The fourth-order valence-corrected chi connectivity index (χ4v) is 2.98. The molecule has 2 aromatic carbocycles. The highest BCUT2D eigenvalue weighted by molar-refractivity contribution is 5.88. The summed E-state index contributed by atoms with van der Waals surface area (Å²) in [6.07, 6.45) is 1.93. The van der Waals surface area contributed by atoms with Crippen LogP contribution in [0.1, 0.15) is 38.6 Å². The molecule has 8 heteroatoms. The van der Waals surface area contributed by atoms with E-state index < -0.39 is 0 Å². The number of hydrogen-bond acceptors (Lipinski definition) is 6. The summed E-state index contributed by atoms with van der Waals surface area (Å²) in [6.45, 7) is 4.65. The number of hydrogen-bond donors (Lipinski definition) is 5. The van der Waals surface area contributed by atoms with Crippen LogP contribution in [0.25, 0.3) is 22.1 Å². The summed E-state index contributed by atoms with van der Waals surface area (Å²) < 4.78 is 5.45. The van der Waals surface area contributed by atoms with E-state index in [1.807, 2.05) is 37.3 Å². The SMILES string of the molecule is CCCC(N)c1nc2c(N)cc(OCC)cc2[nH]1.Nc1nc2ccccc2[nH]1. The van der Waals surface area contributed by atoms with Crippen LogP contribution in [0.3, 0.4) is 0 Å². The summed E-state index contributed by atoms with van der Waals surface area (Å²) in [6, 6.07) is 11.4. The molecule has 0 radical (unpaired) electrons. The van der Waals surface area contributed by atoms with Gasteiger partial charge in [-0.25, -0.2) is 9.97 Å². The van der Waals surface area contributed by atoms with Gasteiger partial charge in [-0.3, -0.25) is 0 Å². The summed E-state index contributed by atoms with van der Waals surface area (Å²) in [5.74, 6) is 2.01. The van der Waals surface area contributed by atoms with Crippen molar-refractivity contribution in [3.63, 3.8) is 0 Å². The Bertz CT molecular complexity index is 1020. The van der Waals surface area contributed by atoms with Gasteiger partial charge in [0.05, 0.1) is 34.9 Å². The molecule has 4 aromatic rings.